The average molecular weight is 312 g/mol. The molecule has 1 fully saturated rings. The number of benzene rings is 1. The Bertz CT molecular complexity index is 510. The summed E-state index contributed by atoms with van der Waals surface area (Å²) in [6.45, 7) is 3.81. The van der Waals surface area contributed by atoms with E-state index in [1.807, 2.05) is 25.1 Å². The normalized spacial score (nSPS) is 19.4. The summed E-state index contributed by atoms with van der Waals surface area (Å²) in [6.07, 6.45) is 0.901. The van der Waals surface area contributed by atoms with Crippen LogP contribution in [0.5, 0.6) is 5.75 Å². The number of amides is 1. The van der Waals surface area contributed by atoms with Crippen molar-refractivity contribution in [2.24, 2.45) is 11.7 Å². The van der Waals surface area contributed by atoms with Gasteiger partial charge in [-0.3, -0.25) is 4.79 Å². The van der Waals surface area contributed by atoms with Crippen molar-refractivity contribution in [2.75, 3.05) is 31.6 Å². The number of carbonyl (C=O) groups excluding carboxylic acids is 1. The third kappa shape index (κ3) is 3.80. The van der Waals surface area contributed by atoms with Crippen LogP contribution in [0.2, 0.25) is 5.02 Å². The molecule has 1 aliphatic heterocycles. The van der Waals surface area contributed by atoms with E-state index in [0.717, 1.165) is 30.9 Å². The molecule has 1 saturated heterocycles. The van der Waals surface area contributed by atoms with Gasteiger partial charge in [0.1, 0.15) is 5.75 Å². The summed E-state index contributed by atoms with van der Waals surface area (Å²) in [4.78, 5) is 14.1. The summed E-state index contributed by atoms with van der Waals surface area (Å²) in [5.41, 5.74) is 6.48. The van der Waals surface area contributed by atoms with Crippen LogP contribution in [0.3, 0.4) is 0 Å². The van der Waals surface area contributed by atoms with E-state index in [9.17, 15) is 4.79 Å². The first-order chi connectivity index (χ1) is 10.0. The van der Waals surface area contributed by atoms with Gasteiger partial charge in [-0.25, -0.2) is 0 Å². The average Bonchev–Trinajstić information content (AvgIpc) is 2.94. The fourth-order valence-electron chi connectivity index (χ4n) is 2.46. The number of nitrogens with one attached hydrogen (secondary N) is 1. The van der Waals surface area contributed by atoms with Crippen LogP contribution in [0.4, 0.5) is 5.69 Å². The molecule has 1 aliphatic rings. The van der Waals surface area contributed by atoms with Gasteiger partial charge in [0.2, 0.25) is 5.91 Å². The van der Waals surface area contributed by atoms with Gasteiger partial charge in [0.25, 0.3) is 0 Å². The SMILES string of the molecule is COc1ccc(Cl)cc1N1CCC(NC(=O)C(C)CN)C1. The van der Waals surface area contributed by atoms with Gasteiger partial charge in [-0.2, -0.15) is 0 Å². The minimum atomic E-state index is -0.153. The molecule has 0 aliphatic carbocycles. The molecule has 1 aromatic rings. The van der Waals surface area contributed by atoms with Gasteiger partial charge in [-0.1, -0.05) is 18.5 Å². The van der Waals surface area contributed by atoms with Crippen LogP contribution in [0.25, 0.3) is 0 Å². The van der Waals surface area contributed by atoms with E-state index in [1.165, 1.54) is 0 Å². The van der Waals surface area contributed by atoms with E-state index in [0.29, 0.717) is 11.6 Å². The molecular weight excluding hydrogens is 290 g/mol. The maximum atomic E-state index is 11.9. The summed E-state index contributed by atoms with van der Waals surface area (Å²) >= 11 is 6.07. The summed E-state index contributed by atoms with van der Waals surface area (Å²) in [5.74, 6) is 0.656. The molecular formula is C15H22ClN3O2. The zero-order valence-electron chi connectivity index (χ0n) is 12.4. The second-order valence-electron chi connectivity index (χ2n) is 5.39. The molecule has 2 unspecified atom stereocenters. The smallest absolute Gasteiger partial charge is 0.224 e. The van der Waals surface area contributed by atoms with Crippen LogP contribution in [0.15, 0.2) is 18.2 Å². The molecule has 5 nitrogen and oxygen atoms in total. The second kappa shape index (κ2) is 7.00. The number of hydrogen-bond donors (Lipinski definition) is 2. The summed E-state index contributed by atoms with van der Waals surface area (Å²) < 4.78 is 5.38. The topological polar surface area (TPSA) is 67.6 Å². The van der Waals surface area contributed by atoms with E-state index in [-0.39, 0.29) is 17.9 Å². The quantitative estimate of drug-likeness (QED) is 0.867. The second-order valence-corrected chi connectivity index (χ2v) is 5.83. The molecule has 6 heteroatoms. The van der Waals surface area contributed by atoms with Crippen molar-refractivity contribution < 1.29 is 9.53 Å². The fourth-order valence-corrected chi connectivity index (χ4v) is 2.62. The molecule has 2 rings (SSSR count). The highest BCUT2D eigenvalue weighted by atomic mass is 35.5. The molecule has 21 heavy (non-hydrogen) atoms. The molecule has 0 radical (unpaired) electrons. The highest BCUT2D eigenvalue weighted by molar-refractivity contribution is 6.30. The van der Waals surface area contributed by atoms with Gasteiger partial charge in [-0.05, 0) is 24.6 Å². The van der Waals surface area contributed by atoms with Gasteiger partial charge in [-0.15, -0.1) is 0 Å². The molecule has 1 amide bonds. The zero-order valence-corrected chi connectivity index (χ0v) is 13.2. The molecule has 3 N–H and O–H groups in total. The third-order valence-electron chi connectivity index (χ3n) is 3.82. The number of carbonyl (C=O) groups is 1. The predicted molar refractivity (Wildman–Crippen MR) is 85.0 cm³/mol. The van der Waals surface area contributed by atoms with Crippen LogP contribution in [-0.2, 0) is 4.79 Å². The monoisotopic (exact) mass is 311 g/mol. The maximum Gasteiger partial charge on any atom is 0.224 e. The number of hydrogen-bond acceptors (Lipinski definition) is 4. The van der Waals surface area contributed by atoms with Crippen LogP contribution in [-0.4, -0.2) is 38.7 Å². The van der Waals surface area contributed by atoms with E-state index < -0.39 is 0 Å². The Morgan fingerprint density at radius 1 is 1.62 bits per heavy atom. The summed E-state index contributed by atoms with van der Waals surface area (Å²) in [6, 6.07) is 5.70. The molecule has 0 spiro atoms. The fraction of sp³-hybridized carbons (Fsp3) is 0.533. The van der Waals surface area contributed by atoms with Gasteiger partial charge >= 0.3 is 0 Å². The Kier molecular flexibility index (Phi) is 5.31. The molecule has 116 valence electrons. The molecule has 0 saturated carbocycles. The molecule has 0 aromatic heterocycles. The van der Waals surface area contributed by atoms with Gasteiger partial charge in [0.05, 0.1) is 12.8 Å². The lowest BCUT2D eigenvalue weighted by atomic mass is 10.1. The first-order valence-electron chi connectivity index (χ1n) is 7.14. The maximum absolute atomic E-state index is 11.9. The third-order valence-corrected chi connectivity index (χ3v) is 4.05. The lowest BCUT2D eigenvalue weighted by molar-refractivity contribution is -0.124. The Morgan fingerprint density at radius 2 is 2.38 bits per heavy atom. The van der Waals surface area contributed by atoms with Crippen molar-refractivity contribution in [1.29, 1.82) is 0 Å². The Labute approximate surface area is 130 Å². The van der Waals surface area contributed by atoms with Crippen molar-refractivity contribution in [3.63, 3.8) is 0 Å². The van der Waals surface area contributed by atoms with Gasteiger partial charge < -0.3 is 20.7 Å². The van der Waals surface area contributed by atoms with E-state index in [2.05, 4.69) is 10.2 Å². The van der Waals surface area contributed by atoms with Gasteiger partial charge in [0.15, 0.2) is 0 Å². The number of ether oxygens (including phenoxy) is 1. The highest BCUT2D eigenvalue weighted by Crippen LogP contribution is 2.33. The van der Waals surface area contributed by atoms with Crippen molar-refractivity contribution in [3.8, 4) is 5.75 Å². The molecule has 1 heterocycles. The number of anilines is 1. The number of rotatable bonds is 5. The van der Waals surface area contributed by atoms with Gasteiger partial charge in [0, 0.05) is 36.6 Å². The number of halogens is 1. The molecule has 1 aromatic carbocycles. The largest absolute Gasteiger partial charge is 0.495 e. The first-order valence-corrected chi connectivity index (χ1v) is 7.52. The van der Waals surface area contributed by atoms with Crippen molar-refractivity contribution in [3.05, 3.63) is 23.2 Å². The van der Waals surface area contributed by atoms with Crippen LogP contribution in [0.1, 0.15) is 13.3 Å². The van der Waals surface area contributed by atoms with Crippen LogP contribution in [0, 0.1) is 5.92 Å². The molecule has 0 bridgehead atoms. The highest BCUT2D eigenvalue weighted by Gasteiger charge is 2.27. The standard InChI is InChI=1S/C15H22ClN3O2/c1-10(8-17)15(20)18-12-5-6-19(9-12)13-7-11(16)3-4-14(13)21-2/h3-4,7,10,12H,5-6,8-9,17H2,1-2H3,(H,18,20). The number of nitrogens with zero attached hydrogens (tertiary/aromatic N) is 1. The summed E-state index contributed by atoms with van der Waals surface area (Å²) in [5, 5.41) is 3.72. The van der Waals surface area contributed by atoms with E-state index in [4.69, 9.17) is 22.1 Å². The Hall–Kier alpha value is -1.46. The molecule has 2 atom stereocenters. The van der Waals surface area contributed by atoms with Crippen molar-refractivity contribution in [1.82, 2.24) is 5.32 Å². The van der Waals surface area contributed by atoms with Crippen molar-refractivity contribution >= 4 is 23.2 Å². The van der Waals surface area contributed by atoms with Crippen molar-refractivity contribution in [2.45, 2.75) is 19.4 Å². The van der Waals surface area contributed by atoms with E-state index >= 15 is 0 Å². The van der Waals surface area contributed by atoms with E-state index in [1.54, 1.807) is 7.11 Å². The number of methoxy groups -OCH3 is 1. The Morgan fingerprint density at radius 3 is 3.05 bits per heavy atom. The minimum absolute atomic E-state index is 0.0161. The summed E-state index contributed by atoms with van der Waals surface area (Å²) in [7, 11) is 1.64. The lowest BCUT2D eigenvalue weighted by Crippen LogP contribution is -2.41. The van der Waals surface area contributed by atoms with Crippen LogP contribution >= 0.6 is 11.6 Å². The Balaban J connectivity index is 2.02. The number of nitrogens with two attached hydrogens (primary N) is 1. The first kappa shape index (κ1) is 15.9. The minimum Gasteiger partial charge on any atom is -0.495 e. The zero-order chi connectivity index (χ0) is 15.4. The van der Waals surface area contributed by atoms with Crippen LogP contribution < -0.4 is 20.7 Å². The predicted octanol–water partition coefficient (Wildman–Crippen LogP) is 1.64. The lowest BCUT2D eigenvalue weighted by Gasteiger charge is -2.22.